The highest BCUT2D eigenvalue weighted by atomic mass is 35.5. The standard InChI is InChI=1S/C21H18ClN3O3/c1-14(20(26)25-19-12-11-15(22)13-23-19)28-21(27)17-9-5-6-10-18(17)24-16-7-3-2-4-8-16/h2-14,24H,1H3,(H,23,25,26)/t14-/m1/s1. The molecule has 0 saturated carbocycles. The zero-order valence-electron chi connectivity index (χ0n) is 15.1. The first-order valence-electron chi connectivity index (χ1n) is 8.57. The molecule has 0 radical (unpaired) electrons. The number of rotatable bonds is 6. The second-order valence-electron chi connectivity index (χ2n) is 5.94. The van der Waals surface area contributed by atoms with Crippen molar-refractivity contribution in [2.75, 3.05) is 10.6 Å². The van der Waals surface area contributed by atoms with Gasteiger partial charge in [-0.25, -0.2) is 9.78 Å². The van der Waals surface area contributed by atoms with E-state index < -0.39 is 18.0 Å². The first-order valence-corrected chi connectivity index (χ1v) is 8.95. The van der Waals surface area contributed by atoms with Gasteiger partial charge in [0.25, 0.3) is 5.91 Å². The highest BCUT2D eigenvalue weighted by Crippen LogP contribution is 2.22. The number of hydrogen-bond donors (Lipinski definition) is 2. The van der Waals surface area contributed by atoms with Crippen molar-refractivity contribution in [3.05, 3.63) is 83.5 Å². The number of nitrogens with zero attached hydrogens (tertiary/aromatic N) is 1. The Balaban J connectivity index is 1.67. The minimum absolute atomic E-state index is 0.323. The van der Waals surface area contributed by atoms with Crippen LogP contribution in [0.15, 0.2) is 72.9 Å². The van der Waals surface area contributed by atoms with Crippen LogP contribution in [0.3, 0.4) is 0 Å². The number of aromatic nitrogens is 1. The number of amides is 1. The molecule has 3 aromatic rings. The molecule has 1 atom stereocenters. The Morgan fingerprint density at radius 1 is 1.00 bits per heavy atom. The molecule has 0 fully saturated rings. The maximum atomic E-state index is 12.6. The topological polar surface area (TPSA) is 80.3 Å². The van der Waals surface area contributed by atoms with Gasteiger partial charge in [-0.1, -0.05) is 41.9 Å². The van der Waals surface area contributed by atoms with Crippen LogP contribution in [0.4, 0.5) is 17.2 Å². The molecule has 28 heavy (non-hydrogen) atoms. The van der Waals surface area contributed by atoms with Gasteiger partial charge in [0, 0.05) is 11.9 Å². The van der Waals surface area contributed by atoms with E-state index in [4.69, 9.17) is 16.3 Å². The molecule has 0 aliphatic heterocycles. The Kier molecular flexibility index (Phi) is 6.24. The highest BCUT2D eigenvalue weighted by Gasteiger charge is 2.21. The number of hydrogen-bond acceptors (Lipinski definition) is 5. The zero-order chi connectivity index (χ0) is 19.9. The van der Waals surface area contributed by atoms with E-state index in [2.05, 4.69) is 15.6 Å². The molecule has 0 aliphatic carbocycles. The molecule has 3 rings (SSSR count). The summed E-state index contributed by atoms with van der Waals surface area (Å²) in [5.74, 6) is -0.772. The van der Waals surface area contributed by atoms with Crippen molar-refractivity contribution in [3.8, 4) is 0 Å². The lowest BCUT2D eigenvalue weighted by Gasteiger charge is -2.15. The Morgan fingerprint density at radius 2 is 1.71 bits per heavy atom. The van der Waals surface area contributed by atoms with Crippen LogP contribution < -0.4 is 10.6 Å². The van der Waals surface area contributed by atoms with Crippen LogP contribution in [-0.2, 0) is 9.53 Å². The molecule has 142 valence electrons. The van der Waals surface area contributed by atoms with E-state index in [0.29, 0.717) is 22.1 Å². The third kappa shape index (κ3) is 5.08. The van der Waals surface area contributed by atoms with Crippen LogP contribution in [0.25, 0.3) is 0 Å². The highest BCUT2D eigenvalue weighted by molar-refractivity contribution is 6.30. The fraction of sp³-hybridized carbons (Fsp3) is 0.0952. The number of esters is 1. The Hall–Kier alpha value is -3.38. The summed E-state index contributed by atoms with van der Waals surface area (Å²) in [4.78, 5) is 28.8. The third-order valence-corrected chi connectivity index (χ3v) is 4.06. The van der Waals surface area contributed by atoms with Gasteiger partial charge in [0.1, 0.15) is 5.82 Å². The Bertz CT molecular complexity index is 962. The number of pyridine rings is 1. The van der Waals surface area contributed by atoms with Gasteiger partial charge in [-0.05, 0) is 43.3 Å². The van der Waals surface area contributed by atoms with Crippen LogP contribution in [-0.4, -0.2) is 23.0 Å². The molecule has 1 heterocycles. The van der Waals surface area contributed by atoms with E-state index in [0.717, 1.165) is 5.69 Å². The lowest BCUT2D eigenvalue weighted by Crippen LogP contribution is -2.30. The average molecular weight is 396 g/mol. The van der Waals surface area contributed by atoms with Crippen LogP contribution in [0.2, 0.25) is 5.02 Å². The lowest BCUT2D eigenvalue weighted by atomic mass is 10.1. The van der Waals surface area contributed by atoms with Crippen LogP contribution in [0.5, 0.6) is 0 Å². The van der Waals surface area contributed by atoms with Crippen molar-refractivity contribution >= 4 is 40.7 Å². The summed E-state index contributed by atoms with van der Waals surface area (Å²) in [6.45, 7) is 1.50. The van der Waals surface area contributed by atoms with Gasteiger partial charge in [-0.2, -0.15) is 0 Å². The second kappa shape index (κ2) is 9.01. The number of ether oxygens (including phenoxy) is 1. The van der Waals surface area contributed by atoms with Gasteiger partial charge in [-0.3, -0.25) is 4.79 Å². The van der Waals surface area contributed by atoms with E-state index >= 15 is 0 Å². The number of anilines is 3. The largest absolute Gasteiger partial charge is 0.449 e. The maximum Gasteiger partial charge on any atom is 0.341 e. The quantitative estimate of drug-likeness (QED) is 0.593. The molecule has 0 unspecified atom stereocenters. The van der Waals surface area contributed by atoms with Crippen molar-refractivity contribution in [2.45, 2.75) is 13.0 Å². The molecule has 0 bridgehead atoms. The fourth-order valence-corrected chi connectivity index (χ4v) is 2.51. The van der Waals surface area contributed by atoms with Crippen molar-refractivity contribution in [2.24, 2.45) is 0 Å². The van der Waals surface area contributed by atoms with Gasteiger partial charge in [-0.15, -0.1) is 0 Å². The van der Waals surface area contributed by atoms with E-state index in [-0.39, 0.29) is 0 Å². The van der Waals surface area contributed by atoms with Crippen LogP contribution >= 0.6 is 11.6 Å². The number of halogens is 1. The number of carbonyl (C=O) groups is 2. The van der Waals surface area contributed by atoms with Crippen molar-refractivity contribution in [1.82, 2.24) is 4.98 Å². The molecule has 1 aromatic heterocycles. The average Bonchev–Trinajstić information content (AvgIpc) is 2.70. The predicted molar refractivity (Wildman–Crippen MR) is 109 cm³/mol. The summed E-state index contributed by atoms with van der Waals surface area (Å²) in [5.41, 5.74) is 1.75. The summed E-state index contributed by atoms with van der Waals surface area (Å²) in [6.07, 6.45) is 0.411. The van der Waals surface area contributed by atoms with Gasteiger partial charge in [0.05, 0.1) is 16.3 Å². The molecule has 0 aliphatic rings. The molecule has 0 saturated heterocycles. The van der Waals surface area contributed by atoms with Gasteiger partial charge in [0.15, 0.2) is 6.10 Å². The zero-order valence-corrected chi connectivity index (χ0v) is 15.8. The first kappa shape index (κ1) is 19.4. The second-order valence-corrected chi connectivity index (χ2v) is 6.37. The Morgan fingerprint density at radius 3 is 2.43 bits per heavy atom. The number of nitrogens with one attached hydrogen (secondary N) is 2. The van der Waals surface area contributed by atoms with E-state index in [1.807, 2.05) is 36.4 Å². The SMILES string of the molecule is C[C@@H](OC(=O)c1ccccc1Nc1ccccc1)C(=O)Nc1ccc(Cl)cn1. The normalized spacial score (nSPS) is 11.4. The van der Waals surface area contributed by atoms with Crippen LogP contribution in [0.1, 0.15) is 17.3 Å². The molecule has 6 nitrogen and oxygen atoms in total. The Labute approximate surface area is 167 Å². The molecule has 2 aromatic carbocycles. The number of benzene rings is 2. The minimum Gasteiger partial charge on any atom is -0.449 e. The fourth-order valence-electron chi connectivity index (χ4n) is 2.40. The molecular formula is C21H18ClN3O3. The van der Waals surface area contributed by atoms with Crippen molar-refractivity contribution in [3.63, 3.8) is 0 Å². The number of para-hydroxylation sites is 2. The summed E-state index contributed by atoms with van der Waals surface area (Å²) in [7, 11) is 0. The van der Waals surface area contributed by atoms with Gasteiger partial charge >= 0.3 is 5.97 Å². The van der Waals surface area contributed by atoms with E-state index in [1.165, 1.54) is 13.1 Å². The van der Waals surface area contributed by atoms with E-state index in [1.54, 1.807) is 30.3 Å². The lowest BCUT2D eigenvalue weighted by molar-refractivity contribution is -0.123. The molecule has 0 spiro atoms. The van der Waals surface area contributed by atoms with E-state index in [9.17, 15) is 9.59 Å². The van der Waals surface area contributed by atoms with Crippen LogP contribution in [0, 0.1) is 0 Å². The summed E-state index contributed by atoms with van der Waals surface area (Å²) >= 11 is 5.77. The molecule has 1 amide bonds. The van der Waals surface area contributed by atoms with Gasteiger partial charge < -0.3 is 15.4 Å². The number of carbonyl (C=O) groups excluding carboxylic acids is 2. The first-order chi connectivity index (χ1) is 13.5. The maximum absolute atomic E-state index is 12.6. The summed E-state index contributed by atoms with van der Waals surface area (Å²) < 4.78 is 5.33. The van der Waals surface area contributed by atoms with Crippen molar-refractivity contribution < 1.29 is 14.3 Å². The summed E-state index contributed by atoms with van der Waals surface area (Å²) in [5, 5.41) is 6.21. The summed E-state index contributed by atoms with van der Waals surface area (Å²) in [6, 6.07) is 19.6. The van der Waals surface area contributed by atoms with Crippen molar-refractivity contribution in [1.29, 1.82) is 0 Å². The smallest absolute Gasteiger partial charge is 0.341 e. The van der Waals surface area contributed by atoms with Gasteiger partial charge in [0.2, 0.25) is 0 Å². The minimum atomic E-state index is -1.00. The molecule has 7 heteroatoms. The third-order valence-electron chi connectivity index (χ3n) is 3.83. The molecule has 2 N–H and O–H groups in total. The molecular weight excluding hydrogens is 378 g/mol. The monoisotopic (exact) mass is 395 g/mol. The predicted octanol–water partition coefficient (Wildman–Crippen LogP) is 4.66.